The van der Waals surface area contributed by atoms with E-state index < -0.39 is 5.97 Å². The van der Waals surface area contributed by atoms with Crippen LogP contribution in [-0.4, -0.2) is 37.0 Å². The summed E-state index contributed by atoms with van der Waals surface area (Å²) in [5, 5.41) is 5.38. The highest BCUT2D eigenvalue weighted by molar-refractivity contribution is 9.10. The number of esters is 1. The van der Waals surface area contributed by atoms with Gasteiger partial charge in [0.1, 0.15) is 6.54 Å². The summed E-state index contributed by atoms with van der Waals surface area (Å²) in [6.45, 7) is 1.51. The molecule has 7 heteroatoms. The van der Waals surface area contributed by atoms with Crippen LogP contribution in [0.4, 0.5) is 0 Å². The zero-order valence-electron chi connectivity index (χ0n) is 14.2. The summed E-state index contributed by atoms with van der Waals surface area (Å²) in [5.41, 5.74) is 0.436. The third-order valence-corrected chi connectivity index (χ3v) is 4.80. The van der Waals surface area contributed by atoms with Crippen molar-refractivity contribution in [3.63, 3.8) is 0 Å². The van der Waals surface area contributed by atoms with Gasteiger partial charge in [-0.3, -0.25) is 14.4 Å². The molecular weight excluding hydrogens is 388 g/mol. The van der Waals surface area contributed by atoms with Crippen LogP contribution in [0.25, 0.3) is 0 Å². The van der Waals surface area contributed by atoms with Crippen LogP contribution in [0.5, 0.6) is 0 Å². The first-order valence-corrected chi connectivity index (χ1v) is 9.24. The van der Waals surface area contributed by atoms with Crippen LogP contribution in [0.2, 0.25) is 0 Å². The molecule has 2 amide bonds. The fourth-order valence-electron chi connectivity index (χ4n) is 2.86. The second kappa shape index (κ2) is 9.56. The number of hydrogen-bond donors (Lipinski definition) is 2. The molecule has 1 aromatic rings. The first-order chi connectivity index (χ1) is 12.0. The van der Waals surface area contributed by atoms with Gasteiger partial charge in [-0.2, -0.15) is 0 Å². The zero-order valence-corrected chi connectivity index (χ0v) is 15.8. The highest BCUT2D eigenvalue weighted by atomic mass is 79.9. The number of nitrogens with one attached hydrogen (secondary N) is 2. The van der Waals surface area contributed by atoms with Crippen molar-refractivity contribution in [2.45, 2.75) is 38.6 Å². The summed E-state index contributed by atoms with van der Waals surface area (Å²) in [6.07, 6.45) is 4.37. The zero-order chi connectivity index (χ0) is 18.2. The van der Waals surface area contributed by atoms with Gasteiger partial charge in [0.2, 0.25) is 0 Å². The molecule has 2 N–H and O–H groups in total. The normalized spacial score (nSPS) is 19.8. The third kappa shape index (κ3) is 6.49. The number of ether oxygens (including phenoxy) is 1. The summed E-state index contributed by atoms with van der Waals surface area (Å²) in [6, 6.07) is 6.98. The summed E-state index contributed by atoms with van der Waals surface area (Å²) in [5.74, 6) is -0.878. The van der Waals surface area contributed by atoms with Crippen molar-refractivity contribution in [2.75, 3.05) is 13.2 Å². The number of halogens is 1. The van der Waals surface area contributed by atoms with E-state index in [0.717, 1.165) is 23.7 Å². The molecule has 6 nitrogen and oxygen atoms in total. The molecule has 0 radical (unpaired) electrons. The van der Waals surface area contributed by atoms with Crippen molar-refractivity contribution in [3.05, 3.63) is 34.3 Å². The van der Waals surface area contributed by atoms with E-state index >= 15 is 0 Å². The van der Waals surface area contributed by atoms with Crippen molar-refractivity contribution in [3.8, 4) is 0 Å². The standard InChI is InChI=1S/C18H23BrN2O4/c1-12-5-2-3-8-15(12)21-16(22)11-25-17(23)10-20-18(24)13-6-4-7-14(19)9-13/h4,6-7,9,12,15H,2-3,5,8,10-11H2,1H3,(H,20,24)(H,21,22). The van der Waals surface area contributed by atoms with Gasteiger partial charge in [-0.15, -0.1) is 0 Å². The Labute approximate surface area is 155 Å². The van der Waals surface area contributed by atoms with Gasteiger partial charge in [-0.05, 0) is 37.0 Å². The first-order valence-electron chi connectivity index (χ1n) is 8.44. The minimum Gasteiger partial charge on any atom is -0.454 e. The Hall–Kier alpha value is -1.89. The van der Waals surface area contributed by atoms with Crippen LogP contribution >= 0.6 is 15.9 Å². The molecule has 0 aromatic heterocycles. The highest BCUT2D eigenvalue weighted by Crippen LogP contribution is 2.23. The van der Waals surface area contributed by atoms with Crippen molar-refractivity contribution in [1.29, 1.82) is 0 Å². The second-order valence-electron chi connectivity index (χ2n) is 6.29. The van der Waals surface area contributed by atoms with Gasteiger partial charge in [-0.25, -0.2) is 0 Å². The Morgan fingerprint density at radius 1 is 1.24 bits per heavy atom. The Balaban J connectivity index is 1.68. The first kappa shape index (κ1) is 19.4. The molecule has 25 heavy (non-hydrogen) atoms. The molecule has 2 unspecified atom stereocenters. The average Bonchev–Trinajstić information content (AvgIpc) is 2.60. The molecule has 2 rings (SSSR count). The van der Waals surface area contributed by atoms with Gasteiger partial charge in [0, 0.05) is 16.1 Å². The molecule has 1 aliphatic rings. The van der Waals surface area contributed by atoms with E-state index in [1.165, 1.54) is 6.42 Å². The Morgan fingerprint density at radius 2 is 2.00 bits per heavy atom. The molecule has 0 aliphatic heterocycles. The maximum atomic E-state index is 11.9. The number of hydrogen-bond acceptors (Lipinski definition) is 4. The molecule has 0 saturated heterocycles. The van der Waals surface area contributed by atoms with Gasteiger partial charge >= 0.3 is 5.97 Å². The molecule has 0 spiro atoms. The highest BCUT2D eigenvalue weighted by Gasteiger charge is 2.23. The monoisotopic (exact) mass is 410 g/mol. The fraction of sp³-hybridized carbons (Fsp3) is 0.500. The van der Waals surface area contributed by atoms with E-state index in [4.69, 9.17) is 4.74 Å². The lowest BCUT2D eigenvalue weighted by molar-refractivity contribution is -0.147. The van der Waals surface area contributed by atoms with E-state index in [1.807, 2.05) is 0 Å². The topological polar surface area (TPSA) is 84.5 Å². The van der Waals surface area contributed by atoms with Gasteiger partial charge in [0.25, 0.3) is 11.8 Å². The van der Waals surface area contributed by atoms with Gasteiger partial charge in [0.15, 0.2) is 6.61 Å². The van der Waals surface area contributed by atoms with Gasteiger partial charge < -0.3 is 15.4 Å². The lowest BCUT2D eigenvalue weighted by atomic mass is 9.86. The Morgan fingerprint density at radius 3 is 2.72 bits per heavy atom. The summed E-state index contributed by atoms with van der Waals surface area (Å²) in [7, 11) is 0. The largest absolute Gasteiger partial charge is 0.454 e. The van der Waals surface area contributed by atoms with Crippen molar-refractivity contribution in [1.82, 2.24) is 10.6 Å². The Bertz CT molecular complexity index is 635. The quantitative estimate of drug-likeness (QED) is 0.705. The van der Waals surface area contributed by atoms with E-state index in [2.05, 4.69) is 33.5 Å². The lowest BCUT2D eigenvalue weighted by Gasteiger charge is -2.29. The number of carbonyl (C=O) groups is 3. The van der Waals surface area contributed by atoms with E-state index in [0.29, 0.717) is 11.5 Å². The minimum absolute atomic E-state index is 0.149. The van der Waals surface area contributed by atoms with Crippen LogP contribution in [0, 0.1) is 5.92 Å². The number of benzene rings is 1. The smallest absolute Gasteiger partial charge is 0.325 e. The molecule has 0 bridgehead atoms. The second-order valence-corrected chi connectivity index (χ2v) is 7.21. The number of amides is 2. The summed E-state index contributed by atoms with van der Waals surface area (Å²) < 4.78 is 5.69. The van der Waals surface area contributed by atoms with Gasteiger partial charge in [0.05, 0.1) is 0 Å². The molecule has 1 aliphatic carbocycles. The minimum atomic E-state index is -0.643. The van der Waals surface area contributed by atoms with Crippen LogP contribution in [0.3, 0.4) is 0 Å². The number of rotatable bonds is 6. The lowest BCUT2D eigenvalue weighted by Crippen LogP contribution is -2.43. The molecule has 136 valence electrons. The molecule has 2 atom stereocenters. The molecule has 1 fully saturated rings. The molecule has 0 heterocycles. The Kier molecular flexibility index (Phi) is 7.43. The average molecular weight is 411 g/mol. The number of carbonyl (C=O) groups excluding carboxylic acids is 3. The SMILES string of the molecule is CC1CCCCC1NC(=O)COC(=O)CNC(=O)c1cccc(Br)c1. The van der Waals surface area contributed by atoms with E-state index in [1.54, 1.807) is 24.3 Å². The molecule has 1 aromatic carbocycles. The fourth-order valence-corrected chi connectivity index (χ4v) is 3.26. The molecule has 1 saturated carbocycles. The van der Waals surface area contributed by atoms with Gasteiger partial charge in [-0.1, -0.05) is 41.8 Å². The van der Waals surface area contributed by atoms with Crippen molar-refractivity contribution in [2.24, 2.45) is 5.92 Å². The van der Waals surface area contributed by atoms with Crippen LogP contribution in [-0.2, 0) is 14.3 Å². The van der Waals surface area contributed by atoms with Crippen molar-refractivity contribution < 1.29 is 19.1 Å². The maximum absolute atomic E-state index is 11.9. The molecular formula is C18H23BrN2O4. The summed E-state index contributed by atoms with van der Waals surface area (Å²) in [4.78, 5) is 35.5. The maximum Gasteiger partial charge on any atom is 0.325 e. The predicted molar refractivity (Wildman–Crippen MR) is 97.0 cm³/mol. The summed E-state index contributed by atoms with van der Waals surface area (Å²) >= 11 is 3.28. The predicted octanol–water partition coefficient (Wildman–Crippen LogP) is 2.42. The van der Waals surface area contributed by atoms with E-state index in [9.17, 15) is 14.4 Å². The van der Waals surface area contributed by atoms with E-state index in [-0.39, 0.29) is 31.0 Å². The van der Waals surface area contributed by atoms with Crippen LogP contribution in [0.15, 0.2) is 28.7 Å². The van der Waals surface area contributed by atoms with Crippen molar-refractivity contribution >= 4 is 33.7 Å². The van der Waals surface area contributed by atoms with Crippen LogP contribution in [0.1, 0.15) is 43.0 Å². The third-order valence-electron chi connectivity index (χ3n) is 4.30. The van der Waals surface area contributed by atoms with Crippen LogP contribution < -0.4 is 10.6 Å².